The van der Waals surface area contributed by atoms with Gasteiger partial charge in [0.05, 0.1) is 27.3 Å². The summed E-state index contributed by atoms with van der Waals surface area (Å²) >= 11 is 0. The number of nitro groups is 1. The summed E-state index contributed by atoms with van der Waals surface area (Å²) in [5, 5.41) is 15.6. The Morgan fingerprint density at radius 1 is 0.946 bits per heavy atom. The topological polar surface area (TPSA) is 175 Å². The van der Waals surface area contributed by atoms with E-state index >= 15 is 8.78 Å². The number of hydrogen-bond donors (Lipinski definition) is 3. The van der Waals surface area contributed by atoms with Crippen molar-refractivity contribution < 1.29 is 45.2 Å². The number of carbonyl (C=O) groups excluding carboxylic acids is 1. The van der Waals surface area contributed by atoms with Crippen molar-refractivity contribution in [3.8, 4) is 11.5 Å². The van der Waals surface area contributed by atoms with Crippen LogP contribution in [0.1, 0.15) is 91.4 Å². The monoisotopic (exact) mass is 1040 g/mol. The van der Waals surface area contributed by atoms with E-state index in [0.29, 0.717) is 49.3 Å². The molecule has 1 spiro atoms. The largest absolute Gasteiger partial charge is 0.455 e. The second-order valence-electron chi connectivity index (χ2n) is 20.5. The van der Waals surface area contributed by atoms with Gasteiger partial charge in [-0.2, -0.15) is 0 Å². The number of nitro benzene ring substituents is 1. The first kappa shape index (κ1) is 50.9. The Morgan fingerprint density at radius 2 is 1.72 bits per heavy atom. The zero-order chi connectivity index (χ0) is 51.9. The van der Waals surface area contributed by atoms with Crippen molar-refractivity contribution in [3.63, 3.8) is 0 Å². The zero-order valence-corrected chi connectivity index (χ0v) is 41.9. The Balaban J connectivity index is 0.856. The van der Waals surface area contributed by atoms with E-state index in [9.17, 15) is 32.1 Å². The molecule has 4 aliphatic rings. The predicted octanol–water partition coefficient (Wildman–Crippen LogP) is 10.2. The number of H-pyrrole nitrogens is 1. The van der Waals surface area contributed by atoms with Crippen LogP contribution >= 0.6 is 0 Å². The number of piperazine rings is 1. The fourth-order valence-corrected chi connectivity index (χ4v) is 12.3. The third-order valence-electron chi connectivity index (χ3n) is 15.5. The summed E-state index contributed by atoms with van der Waals surface area (Å²) in [6, 6.07) is 21.8. The number of alkyl halides is 1. The molecule has 4 fully saturated rings. The van der Waals surface area contributed by atoms with E-state index in [1.165, 1.54) is 23.4 Å². The molecule has 0 unspecified atom stereocenters. The first-order valence-electron chi connectivity index (χ1n) is 25.0. The lowest BCUT2D eigenvalue weighted by atomic mass is 9.59. The molecule has 6 aromatic rings. The summed E-state index contributed by atoms with van der Waals surface area (Å²) in [6.45, 7) is 7.88. The number of anilines is 2. The maximum absolute atomic E-state index is 16.5. The molecule has 1 amide bonds. The molecule has 2 aromatic heterocycles. The van der Waals surface area contributed by atoms with Crippen LogP contribution in [0.2, 0.25) is 0 Å². The van der Waals surface area contributed by atoms with Gasteiger partial charge in [-0.15, -0.1) is 0 Å². The highest BCUT2D eigenvalue weighted by molar-refractivity contribution is 7.90. The quantitative estimate of drug-likeness (QED) is 0.0505. The van der Waals surface area contributed by atoms with E-state index in [4.69, 9.17) is 9.47 Å². The number of carbonyl (C=O) groups is 1. The SMILES string of the molecule is CC(C)c1ccccc1[C@@H]1CN(Cc2cccc(F)c2F)CCN1C1CC2(CCN(c3cc(Oc4cnc5[nH]ccc5c4)c(C(=O)NS(=O)(=O)c4ccc(NCC5(F)CCOCC5)c([N+](=O)[O-])c4)cc3F)CC2)C1. The van der Waals surface area contributed by atoms with Crippen LogP contribution in [-0.4, -0.2) is 103 Å². The van der Waals surface area contributed by atoms with Gasteiger partial charge >= 0.3 is 0 Å². The number of aromatic nitrogens is 2. The molecule has 3 aliphatic heterocycles. The summed E-state index contributed by atoms with van der Waals surface area (Å²) in [5.74, 6) is -3.38. The number of fused-ring (bicyclic) bond motifs is 1. The minimum atomic E-state index is -4.81. The number of nitrogens with one attached hydrogen (secondary N) is 3. The van der Waals surface area contributed by atoms with Crippen LogP contribution < -0.4 is 19.7 Å². The zero-order valence-electron chi connectivity index (χ0n) is 41.1. The van der Waals surface area contributed by atoms with Gasteiger partial charge in [-0.3, -0.25) is 24.7 Å². The molecule has 3 saturated heterocycles. The van der Waals surface area contributed by atoms with Gasteiger partial charge in [0.15, 0.2) is 11.6 Å². The smallest absolute Gasteiger partial charge is 0.293 e. The Bertz CT molecular complexity index is 3190. The fourth-order valence-electron chi connectivity index (χ4n) is 11.3. The molecule has 10 rings (SSSR count). The second kappa shape index (κ2) is 20.6. The highest BCUT2D eigenvalue weighted by atomic mass is 32.2. The molecular formula is C54H58F4N8O7S. The number of aromatic amines is 1. The van der Waals surface area contributed by atoms with E-state index in [0.717, 1.165) is 62.6 Å². The first-order chi connectivity index (χ1) is 35.5. The summed E-state index contributed by atoms with van der Waals surface area (Å²) in [5.41, 5.74) is 0.661. The number of rotatable bonds is 15. The van der Waals surface area contributed by atoms with Gasteiger partial charge in [0, 0.05) is 113 Å². The van der Waals surface area contributed by atoms with E-state index in [1.54, 1.807) is 30.5 Å². The maximum Gasteiger partial charge on any atom is 0.293 e. The maximum atomic E-state index is 16.5. The van der Waals surface area contributed by atoms with Crippen LogP contribution in [0.4, 0.5) is 34.6 Å². The van der Waals surface area contributed by atoms with Crippen LogP contribution in [0.5, 0.6) is 11.5 Å². The molecule has 390 valence electrons. The number of amides is 1. The molecule has 74 heavy (non-hydrogen) atoms. The summed E-state index contributed by atoms with van der Waals surface area (Å²) in [7, 11) is -4.81. The summed E-state index contributed by atoms with van der Waals surface area (Å²) < 4.78 is 102. The number of nitrogens with zero attached hydrogens (tertiary/aromatic N) is 5. The molecule has 3 N–H and O–H groups in total. The third-order valence-corrected chi connectivity index (χ3v) is 16.8. The van der Waals surface area contributed by atoms with Crippen LogP contribution in [0.15, 0.2) is 102 Å². The molecule has 15 nitrogen and oxygen atoms in total. The molecule has 0 radical (unpaired) electrons. The molecule has 0 bridgehead atoms. The minimum Gasteiger partial charge on any atom is -0.455 e. The van der Waals surface area contributed by atoms with E-state index in [1.807, 2.05) is 9.62 Å². The van der Waals surface area contributed by atoms with Crippen molar-refractivity contribution in [1.29, 1.82) is 0 Å². The van der Waals surface area contributed by atoms with Crippen LogP contribution in [0.25, 0.3) is 11.0 Å². The molecule has 1 atom stereocenters. The number of hydrogen-bond acceptors (Lipinski definition) is 12. The Labute approximate surface area is 426 Å². The molecule has 1 saturated carbocycles. The van der Waals surface area contributed by atoms with Gasteiger partial charge in [0.25, 0.3) is 21.6 Å². The lowest BCUT2D eigenvalue weighted by Crippen LogP contribution is -2.60. The predicted molar refractivity (Wildman–Crippen MR) is 271 cm³/mol. The van der Waals surface area contributed by atoms with Crippen LogP contribution in [0.3, 0.4) is 0 Å². The molecule has 4 aromatic carbocycles. The Hall–Kier alpha value is -6.61. The number of pyridine rings is 1. The third kappa shape index (κ3) is 10.5. The number of ether oxygens (including phenoxy) is 2. The van der Waals surface area contributed by atoms with Gasteiger partial charge < -0.3 is 24.7 Å². The number of piperidine rings is 1. The number of halogens is 4. The molecular weight excluding hydrogens is 981 g/mol. The summed E-state index contributed by atoms with van der Waals surface area (Å²) in [6.07, 6.45) is 6.68. The van der Waals surface area contributed by atoms with Crippen molar-refractivity contribution in [3.05, 3.63) is 147 Å². The van der Waals surface area contributed by atoms with Crippen molar-refractivity contribution in [2.75, 3.05) is 62.7 Å². The van der Waals surface area contributed by atoms with Gasteiger partial charge in [-0.05, 0) is 84.5 Å². The lowest BCUT2D eigenvalue weighted by molar-refractivity contribution is -0.384. The van der Waals surface area contributed by atoms with Gasteiger partial charge in [-0.25, -0.2) is 35.7 Å². The number of sulfonamides is 1. The normalized spacial score (nSPS) is 19.4. The Morgan fingerprint density at radius 3 is 2.47 bits per heavy atom. The van der Waals surface area contributed by atoms with Crippen molar-refractivity contribution in [2.45, 2.75) is 87.5 Å². The standard InChI is InChI=1S/C54H58F4N8O7S/c1-34(2)40-7-3-4-8-41(40)48-32-63(31-36-6-5-9-43(55)50(36)57)20-21-65(48)37-28-53(29-37)13-18-64(19-14-53)46-27-49(73-38-24-35-12-17-59-51(35)60-30-38)42(26-44(46)56)52(67)62-74(70,71)39-10-11-45(47(25-39)66(68)69)61-33-54(58)15-22-72-23-16-54/h3-12,17,24-27,30,34,37,48,61H,13-16,18-23,28-29,31-33H2,1-2H3,(H,59,60)(H,62,67)/t48-/m0/s1. The number of benzene rings is 4. The lowest BCUT2D eigenvalue weighted by Gasteiger charge is -2.58. The second-order valence-corrected chi connectivity index (χ2v) is 22.2. The fraction of sp³-hybridized carbons (Fsp3) is 0.407. The molecule has 1 aliphatic carbocycles. The first-order valence-corrected chi connectivity index (χ1v) is 26.5. The Kier molecular flexibility index (Phi) is 14.2. The average molecular weight is 1040 g/mol. The van der Waals surface area contributed by atoms with Crippen molar-refractivity contribution in [1.82, 2.24) is 24.5 Å². The van der Waals surface area contributed by atoms with Crippen LogP contribution in [0, 0.1) is 33.0 Å². The highest BCUT2D eigenvalue weighted by Crippen LogP contribution is 2.54. The molecule has 5 heterocycles. The molecule has 20 heteroatoms. The van der Waals surface area contributed by atoms with Crippen LogP contribution in [-0.2, 0) is 21.3 Å². The van der Waals surface area contributed by atoms with Gasteiger partial charge in [-0.1, -0.05) is 50.2 Å². The summed E-state index contributed by atoms with van der Waals surface area (Å²) in [4.78, 5) is 38.8. The van der Waals surface area contributed by atoms with E-state index in [-0.39, 0.29) is 78.9 Å². The highest BCUT2D eigenvalue weighted by Gasteiger charge is 2.50. The minimum absolute atomic E-state index is 0.0102. The van der Waals surface area contributed by atoms with E-state index < -0.39 is 60.1 Å². The average Bonchev–Trinajstić information content (AvgIpc) is 3.86. The van der Waals surface area contributed by atoms with E-state index in [2.05, 4.69) is 63.2 Å². The van der Waals surface area contributed by atoms with Gasteiger partial charge in [0.1, 0.15) is 34.3 Å². The van der Waals surface area contributed by atoms with Crippen molar-refractivity contribution in [2.24, 2.45) is 5.41 Å². The van der Waals surface area contributed by atoms with Gasteiger partial charge in [0.2, 0.25) is 0 Å². The van der Waals surface area contributed by atoms with Crippen molar-refractivity contribution >= 4 is 44.0 Å².